The van der Waals surface area contributed by atoms with E-state index in [1.165, 1.54) is 4.68 Å². The van der Waals surface area contributed by atoms with Gasteiger partial charge in [-0.1, -0.05) is 12.1 Å². The highest BCUT2D eigenvalue weighted by Gasteiger charge is 2.17. The van der Waals surface area contributed by atoms with Gasteiger partial charge in [-0.3, -0.25) is 4.79 Å². The van der Waals surface area contributed by atoms with Gasteiger partial charge in [0.2, 0.25) is 0 Å². The van der Waals surface area contributed by atoms with E-state index in [-0.39, 0.29) is 5.56 Å². The van der Waals surface area contributed by atoms with Crippen molar-refractivity contribution in [2.45, 2.75) is 13.5 Å². The summed E-state index contributed by atoms with van der Waals surface area (Å²) in [6, 6.07) is 7.63. The van der Waals surface area contributed by atoms with Crippen LogP contribution < -0.4 is 10.3 Å². The molecule has 4 rings (SSSR count). The summed E-state index contributed by atoms with van der Waals surface area (Å²) in [6.45, 7) is 2.39. The van der Waals surface area contributed by atoms with Gasteiger partial charge in [-0.2, -0.15) is 5.10 Å². The van der Waals surface area contributed by atoms with Gasteiger partial charge in [0.15, 0.2) is 5.65 Å². The molecule has 0 spiro atoms. The van der Waals surface area contributed by atoms with E-state index in [1.54, 1.807) is 24.6 Å². The molecule has 6 nitrogen and oxygen atoms in total. The molecular weight excluding hydrogens is 324 g/mol. The predicted octanol–water partition coefficient (Wildman–Crippen LogP) is 2.71. The van der Waals surface area contributed by atoms with E-state index in [0.717, 1.165) is 32.1 Å². The second-order valence-electron chi connectivity index (χ2n) is 5.66. The lowest BCUT2D eigenvalue weighted by molar-refractivity contribution is 0.414. The second kappa shape index (κ2) is 5.45. The predicted molar refractivity (Wildman–Crippen MR) is 95.0 cm³/mol. The topological polar surface area (TPSA) is 61.9 Å². The SMILES string of the molecule is COc1ccc(Cn2ncc3c4sc(C)nc4n(C)c3c2=O)cc1. The van der Waals surface area contributed by atoms with Crippen LogP contribution in [0.4, 0.5) is 0 Å². The van der Waals surface area contributed by atoms with Crippen molar-refractivity contribution in [3.8, 4) is 5.75 Å². The Morgan fingerprint density at radius 1 is 1.25 bits per heavy atom. The molecule has 0 saturated carbocycles. The van der Waals surface area contributed by atoms with Crippen LogP contribution in [-0.4, -0.2) is 26.4 Å². The molecule has 0 radical (unpaired) electrons. The Kier molecular flexibility index (Phi) is 3.38. The van der Waals surface area contributed by atoms with Gasteiger partial charge in [-0.15, -0.1) is 11.3 Å². The van der Waals surface area contributed by atoms with Crippen LogP contribution in [0.5, 0.6) is 5.75 Å². The first-order valence-electron chi connectivity index (χ1n) is 7.53. The molecular formula is C17H16N4O2S. The fraction of sp³-hybridized carbons (Fsp3) is 0.235. The van der Waals surface area contributed by atoms with Crippen molar-refractivity contribution in [2.75, 3.05) is 7.11 Å². The van der Waals surface area contributed by atoms with E-state index in [9.17, 15) is 4.79 Å². The van der Waals surface area contributed by atoms with E-state index < -0.39 is 0 Å². The lowest BCUT2D eigenvalue weighted by atomic mass is 10.2. The van der Waals surface area contributed by atoms with Crippen LogP contribution in [0.2, 0.25) is 0 Å². The number of hydrogen-bond acceptors (Lipinski definition) is 5. The maximum absolute atomic E-state index is 12.9. The van der Waals surface area contributed by atoms with Gasteiger partial charge in [0.1, 0.15) is 11.3 Å². The van der Waals surface area contributed by atoms with Crippen molar-refractivity contribution in [3.05, 3.63) is 51.4 Å². The first-order chi connectivity index (χ1) is 11.6. The zero-order chi connectivity index (χ0) is 16.8. The summed E-state index contributed by atoms with van der Waals surface area (Å²) in [5.74, 6) is 0.790. The van der Waals surface area contributed by atoms with E-state index >= 15 is 0 Å². The number of hydrogen-bond donors (Lipinski definition) is 0. The van der Waals surface area contributed by atoms with Gasteiger partial charge in [-0.05, 0) is 24.6 Å². The van der Waals surface area contributed by atoms with Crippen LogP contribution in [0.1, 0.15) is 10.6 Å². The largest absolute Gasteiger partial charge is 0.497 e. The third kappa shape index (κ3) is 2.20. The molecule has 7 heteroatoms. The Labute approximate surface area is 141 Å². The summed E-state index contributed by atoms with van der Waals surface area (Å²) in [5, 5.41) is 6.21. The summed E-state index contributed by atoms with van der Waals surface area (Å²) >= 11 is 1.59. The lowest BCUT2D eigenvalue weighted by Gasteiger charge is -2.06. The zero-order valence-electron chi connectivity index (χ0n) is 13.6. The van der Waals surface area contributed by atoms with Gasteiger partial charge in [0.05, 0.1) is 29.6 Å². The first kappa shape index (κ1) is 14.9. The van der Waals surface area contributed by atoms with Gasteiger partial charge in [0.25, 0.3) is 5.56 Å². The number of nitrogens with zero attached hydrogens (tertiary/aromatic N) is 4. The van der Waals surface area contributed by atoms with Gasteiger partial charge >= 0.3 is 0 Å². The number of ether oxygens (including phenoxy) is 1. The molecule has 3 aromatic heterocycles. The molecule has 4 aromatic rings. The Morgan fingerprint density at radius 3 is 2.71 bits per heavy atom. The average molecular weight is 340 g/mol. The summed E-state index contributed by atoms with van der Waals surface area (Å²) < 4.78 is 9.53. The van der Waals surface area contributed by atoms with Crippen molar-refractivity contribution >= 4 is 32.6 Å². The summed E-state index contributed by atoms with van der Waals surface area (Å²) in [6.07, 6.45) is 1.76. The highest BCUT2D eigenvalue weighted by Crippen LogP contribution is 2.30. The molecule has 0 N–H and O–H groups in total. The quantitative estimate of drug-likeness (QED) is 0.575. The Bertz CT molecular complexity index is 1110. The molecule has 0 fully saturated rings. The highest BCUT2D eigenvalue weighted by molar-refractivity contribution is 7.19. The average Bonchev–Trinajstić information content (AvgIpc) is 3.08. The standard InChI is InChI=1S/C17H16N4O2S/c1-10-19-16-15(24-10)13-8-18-21(17(22)14(13)20(16)2)9-11-4-6-12(23-3)7-5-11/h4-8H,9H2,1-3H3. The summed E-state index contributed by atoms with van der Waals surface area (Å²) in [7, 11) is 3.51. The monoisotopic (exact) mass is 340 g/mol. The van der Waals surface area contributed by atoms with Crippen LogP contribution in [0.25, 0.3) is 21.3 Å². The summed E-state index contributed by atoms with van der Waals surface area (Å²) in [5.41, 5.74) is 2.38. The smallest absolute Gasteiger partial charge is 0.291 e. The van der Waals surface area contributed by atoms with E-state index in [1.807, 2.05) is 42.8 Å². The number of rotatable bonds is 3. The lowest BCUT2D eigenvalue weighted by Crippen LogP contribution is -2.24. The highest BCUT2D eigenvalue weighted by atomic mass is 32.1. The molecule has 0 atom stereocenters. The molecule has 0 aliphatic heterocycles. The van der Waals surface area contributed by atoms with Gasteiger partial charge in [-0.25, -0.2) is 9.67 Å². The van der Waals surface area contributed by atoms with E-state index in [2.05, 4.69) is 10.1 Å². The summed E-state index contributed by atoms with van der Waals surface area (Å²) in [4.78, 5) is 17.4. The number of thiazole rings is 1. The van der Waals surface area contributed by atoms with Gasteiger partial charge < -0.3 is 9.30 Å². The molecule has 0 unspecified atom stereocenters. The van der Waals surface area contributed by atoms with Crippen LogP contribution >= 0.6 is 11.3 Å². The van der Waals surface area contributed by atoms with E-state index in [4.69, 9.17) is 4.74 Å². The third-order valence-corrected chi connectivity index (χ3v) is 5.12. The van der Waals surface area contributed by atoms with Crippen LogP contribution in [0.15, 0.2) is 35.3 Å². The van der Waals surface area contributed by atoms with Crippen LogP contribution in [0, 0.1) is 6.92 Å². The second-order valence-corrected chi connectivity index (χ2v) is 6.87. The molecule has 0 amide bonds. The maximum atomic E-state index is 12.9. The Morgan fingerprint density at radius 2 is 2.00 bits per heavy atom. The molecule has 0 saturated heterocycles. The van der Waals surface area contributed by atoms with Crippen molar-refractivity contribution in [1.29, 1.82) is 0 Å². The van der Waals surface area contributed by atoms with Crippen LogP contribution in [-0.2, 0) is 13.6 Å². The first-order valence-corrected chi connectivity index (χ1v) is 8.34. The fourth-order valence-corrected chi connectivity index (χ4v) is 3.87. The van der Waals surface area contributed by atoms with Crippen molar-refractivity contribution in [3.63, 3.8) is 0 Å². The molecule has 122 valence electrons. The molecule has 3 heterocycles. The molecule has 24 heavy (non-hydrogen) atoms. The van der Waals surface area contributed by atoms with E-state index in [0.29, 0.717) is 12.1 Å². The number of aromatic nitrogens is 4. The maximum Gasteiger partial charge on any atom is 0.291 e. The number of methoxy groups -OCH3 is 1. The van der Waals surface area contributed by atoms with Crippen molar-refractivity contribution in [2.24, 2.45) is 7.05 Å². The Hall–Kier alpha value is -2.67. The molecule has 0 aliphatic rings. The fourth-order valence-electron chi connectivity index (χ4n) is 2.91. The minimum atomic E-state index is -0.103. The minimum absolute atomic E-state index is 0.103. The molecule has 0 bridgehead atoms. The van der Waals surface area contributed by atoms with Crippen LogP contribution in [0.3, 0.4) is 0 Å². The molecule has 0 aliphatic carbocycles. The Balaban J connectivity index is 1.83. The van der Waals surface area contributed by atoms with Crippen molar-refractivity contribution < 1.29 is 4.74 Å². The number of fused-ring (bicyclic) bond motifs is 3. The number of aryl methyl sites for hydroxylation is 2. The normalized spacial score (nSPS) is 11.5. The number of benzene rings is 1. The van der Waals surface area contributed by atoms with Crippen molar-refractivity contribution in [1.82, 2.24) is 19.3 Å². The minimum Gasteiger partial charge on any atom is -0.497 e. The van der Waals surface area contributed by atoms with Gasteiger partial charge in [0, 0.05) is 12.4 Å². The molecule has 1 aromatic carbocycles. The third-order valence-electron chi connectivity index (χ3n) is 4.12. The zero-order valence-corrected chi connectivity index (χ0v) is 14.4.